The number of rotatable bonds is 7. The van der Waals surface area contributed by atoms with Crippen molar-refractivity contribution in [2.45, 2.75) is 19.9 Å². The molecule has 148 valence electrons. The van der Waals surface area contributed by atoms with Gasteiger partial charge in [-0.05, 0) is 53.8 Å². The Labute approximate surface area is 174 Å². The van der Waals surface area contributed by atoms with Crippen LogP contribution in [0, 0.1) is 0 Å². The van der Waals surface area contributed by atoms with Gasteiger partial charge >= 0.3 is 0 Å². The van der Waals surface area contributed by atoms with Crippen molar-refractivity contribution in [2.24, 2.45) is 0 Å². The number of carbonyl (C=O) groups is 1. The average Bonchev–Trinajstić information content (AvgIpc) is 3.08. The van der Waals surface area contributed by atoms with E-state index in [1.54, 1.807) is 42.5 Å². The van der Waals surface area contributed by atoms with Crippen LogP contribution >= 0.6 is 22.9 Å². The van der Waals surface area contributed by atoms with E-state index in [2.05, 4.69) is 5.32 Å². The first-order chi connectivity index (χ1) is 13.3. The summed E-state index contributed by atoms with van der Waals surface area (Å²) in [5.41, 5.74) is 1.39. The number of nitrogens with zero attached hydrogens (tertiary/aromatic N) is 1. The van der Waals surface area contributed by atoms with Crippen molar-refractivity contribution in [1.29, 1.82) is 0 Å². The predicted molar refractivity (Wildman–Crippen MR) is 117 cm³/mol. The number of sulfonamides is 1. The Morgan fingerprint density at radius 1 is 1.14 bits per heavy atom. The smallest absolute Gasteiger partial charge is 0.261 e. The molecular formula is C20H21ClN2O3S2. The van der Waals surface area contributed by atoms with Crippen molar-refractivity contribution in [3.63, 3.8) is 0 Å². The molecule has 5 nitrogen and oxygen atoms in total. The van der Waals surface area contributed by atoms with E-state index in [-0.39, 0.29) is 12.5 Å². The lowest BCUT2D eigenvalue weighted by atomic mass is 10.2. The molecule has 8 heteroatoms. The fourth-order valence-corrected chi connectivity index (χ4v) is 4.74. The normalized spacial score (nSPS) is 11.5. The van der Waals surface area contributed by atoms with Crippen LogP contribution in [0.25, 0.3) is 10.1 Å². The zero-order chi connectivity index (χ0) is 20.3. The van der Waals surface area contributed by atoms with Crippen LogP contribution < -0.4 is 9.62 Å². The van der Waals surface area contributed by atoms with Gasteiger partial charge in [-0.1, -0.05) is 30.7 Å². The minimum atomic E-state index is -3.49. The van der Waals surface area contributed by atoms with Crippen molar-refractivity contribution in [3.8, 4) is 0 Å². The molecule has 0 fully saturated rings. The van der Waals surface area contributed by atoms with Crippen LogP contribution in [0.5, 0.6) is 0 Å². The third-order valence-corrected chi connectivity index (χ3v) is 6.69. The molecule has 2 aromatic carbocycles. The minimum absolute atomic E-state index is 0.106. The van der Waals surface area contributed by atoms with Crippen LogP contribution in [-0.4, -0.2) is 27.1 Å². The summed E-state index contributed by atoms with van der Waals surface area (Å²) in [6, 6.07) is 14.3. The second-order valence-corrected chi connectivity index (χ2v) is 9.91. The summed E-state index contributed by atoms with van der Waals surface area (Å²) in [5, 5.41) is 4.30. The highest BCUT2D eigenvalue weighted by Crippen LogP contribution is 2.31. The van der Waals surface area contributed by atoms with Gasteiger partial charge in [-0.25, -0.2) is 8.42 Å². The summed E-state index contributed by atoms with van der Waals surface area (Å²) in [7, 11) is -3.49. The Hall–Kier alpha value is -2.09. The van der Waals surface area contributed by atoms with Crippen LogP contribution in [0.3, 0.4) is 0 Å². The quantitative estimate of drug-likeness (QED) is 0.585. The number of thiophene rings is 1. The molecule has 1 amide bonds. The SMILES string of the molecule is CCCNC(=O)c1cc2cc(N(Cc3ccc(Cl)cc3)S(C)(=O)=O)ccc2s1. The third-order valence-electron chi connectivity index (χ3n) is 4.19. The second kappa shape index (κ2) is 8.51. The number of carbonyl (C=O) groups excluding carboxylic acids is 1. The molecule has 3 aromatic rings. The second-order valence-electron chi connectivity index (χ2n) is 6.48. The maximum Gasteiger partial charge on any atom is 0.261 e. The number of nitrogens with one attached hydrogen (secondary N) is 1. The molecule has 0 aliphatic carbocycles. The van der Waals surface area contributed by atoms with Gasteiger partial charge in [0.05, 0.1) is 23.4 Å². The molecule has 0 saturated heterocycles. The highest BCUT2D eigenvalue weighted by atomic mass is 35.5. The van der Waals surface area contributed by atoms with Gasteiger partial charge in [0.25, 0.3) is 5.91 Å². The van der Waals surface area contributed by atoms with E-state index in [1.807, 2.05) is 13.0 Å². The summed E-state index contributed by atoms with van der Waals surface area (Å²) in [5.74, 6) is -0.106. The number of hydrogen-bond acceptors (Lipinski definition) is 4. The molecule has 0 spiro atoms. The monoisotopic (exact) mass is 436 g/mol. The van der Waals surface area contributed by atoms with Crippen molar-refractivity contribution in [3.05, 3.63) is 64.0 Å². The zero-order valence-electron chi connectivity index (χ0n) is 15.6. The summed E-state index contributed by atoms with van der Waals surface area (Å²) < 4.78 is 27.1. The van der Waals surface area contributed by atoms with E-state index < -0.39 is 10.0 Å². The highest BCUT2D eigenvalue weighted by Gasteiger charge is 2.19. The van der Waals surface area contributed by atoms with Crippen molar-refractivity contribution < 1.29 is 13.2 Å². The Morgan fingerprint density at radius 3 is 2.50 bits per heavy atom. The molecule has 0 saturated carbocycles. The van der Waals surface area contributed by atoms with Crippen LogP contribution in [-0.2, 0) is 16.6 Å². The Kier molecular flexibility index (Phi) is 6.27. The average molecular weight is 437 g/mol. The van der Waals surface area contributed by atoms with Gasteiger partial charge in [-0.3, -0.25) is 9.10 Å². The van der Waals surface area contributed by atoms with Gasteiger partial charge in [0.2, 0.25) is 10.0 Å². The molecule has 0 aliphatic heterocycles. The molecule has 28 heavy (non-hydrogen) atoms. The van der Waals surface area contributed by atoms with E-state index in [0.29, 0.717) is 22.1 Å². The van der Waals surface area contributed by atoms with Crippen LogP contribution in [0.2, 0.25) is 5.02 Å². The zero-order valence-corrected chi connectivity index (χ0v) is 18.0. The van der Waals surface area contributed by atoms with Gasteiger partial charge < -0.3 is 5.32 Å². The molecule has 1 aromatic heterocycles. The number of hydrogen-bond donors (Lipinski definition) is 1. The number of halogens is 1. The molecule has 3 rings (SSSR count). The Morgan fingerprint density at radius 2 is 1.86 bits per heavy atom. The van der Waals surface area contributed by atoms with E-state index >= 15 is 0 Å². The number of fused-ring (bicyclic) bond motifs is 1. The maximum atomic E-state index is 12.4. The first-order valence-corrected chi connectivity index (χ1v) is 11.9. The van der Waals surface area contributed by atoms with Gasteiger partial charge in [-0.15, -0.1) is 11.3 Å². The van der Waals surface area contributed by atoms with Gasteiger partial charge in [0.1, 0.15) is 0 Å². The predicted octanol–water partition coefficient (Wildman–Crippen LogP) is 4.66. The molecule has 0 atom stereocenters. The third kappa shape index (κ3) is 4.84. The van der Waals surface area contributed by atoms with Crippen LogP contribution in [0.1, 0.15) is 28.6 Å². The molecule has 1 heterocycles. The van der Waals surface area contributed by atoms with Crippen molar-refractivity contribution >= 4 is 54.6 Å². The number of anilines is 1. The Balaban J connectivity index is 1.93. The first kappa shape index (κ1) is 20.6. The van der Waals surface area contributed by atoms with E-state index in [0.717, 1.165) is 22.1 Å². The standard InChI is InChI=1S/C20H21ClN2O3S2/c1-3-10-22-20(24)19-12-15-11-17(8-9-18(15)27-19)23(28(2,25)26)13-14-4-6-16(21)7-5-14/h4-9,11-12H,3,10,13H2,1-2H3,(H,22,24). The van der Waals surface area contributed by atoms with Crippen molar-refractivity contribution in [1.82, 2.24) is 5.32 Å². The lowest BCUT2D eigenvalue weighted by molar-refractivity contribution is 0.0957. The number of amides is 1. The summed E-state index contributed by atoms with van der Waals surface area (Å²) in [6.45, 7) is 2.83. The number of benzene rings is 2. The fraction of sp³-hybridized carbons (Fsp3) is 0.250. The summed E-state index contributed by atoms with van der Waals surface area (Å²) >= 11 is 7.31. The summed E-state index contributed by atoms with van der Waals surface area (Å²) in [4.78, 5) is 12.8. The maximum absolute atomic E-state index is 12.4. The summed E-state index contributed by atoms with van der Waals surface area (Å²) in [6.07, 6.45) is 2.05. The van der Waals surface area contributed by atoms with Crippen molar-refractivity contribution in [2.75, 3.05) is 17.1 Å². The first-order valence-electron chi connectivity index (χ1n) is 8.82. The van der Waals surface area contributed by atoms with E-state index in [4.69, 9.17) is 11.6 Å². The van der Waals surface area contributed by atoms with Gasteiger partial charge in [0, 0.05) is 16.3 Å². The molecule has 1 N–H and O–H groups in total. The lowest BCUT2D eigenvalue weighted by Gasteiger charge is -2.22. The van der Waals surface area contributed by atoms with Crippen LogP contribution in [0.4, 0.5) is 5.69 Å². The highest BCUT2D eigenvalue weighted by molar-refractivity contribution is 7.92. The Bertz CT molecular complexity index is 1090. The van der Waals surface area contributed by atoms with E-state index in [1.165, 1.54) is 21.9 Å². The minimum Gasteiger partial charge on any atom is -0.351 e. The van der Waals surface area contributed by atoms with E-state index in [9.17, 15) is 13.2 Å². The fourth-order valence-electron chi connectivity index (χ4n) is 2.78. The molecule has 0 radical (unpaired) electrons. The van der Waals surface area contributed by atoms with Gasteiger partial charge in [0.15, 0.2) is 0 Å². The largest absolute Gasteiger partial charge is 0.351 e. The molecular weight excluding hydrogens is 416 g/mol. The lowest BCUT2D eigenvalue weighted by Crippen LogP contribution is -2.29. The van der Waals surface area contributed by atoms with Gasteiger partial charge in [-0.2, -0.15) is 0 Å². The molecule has 0 unspecified atom stereocenters. The topological polar surface area (TPSA) is 66.5 Å². The molecule has 0 bridgehead atoms. The van der Waals surface area contributed by atoms with Crippen LogP contribution in [0.15, 0.2) is 48.5 Å². The molecule has 0 aliphatic rings.